The molecule has 0 saturated carbocycles. The maximum absolute atomic E-state index is 12.9. The normalized spacial score (nSPS) is 15.9. The summed E-state index contributed by atoms with van der Waals surface area (Å²) in [5.74, 6) is -0.00169. The zero-order chi connectivity index (χ0) is 19.6. The van der Waals surface area contributed by atoms with Crippen LogP contribution in [-0.4, -0.2) is 36.2 Å². The molecular weight excluding hydrogens is 385 g/mol. The van der Waals surface area contributed by atoms with Crippen LogP contribution in [0.4, 0.5) is 18.9 Å². The van der Waals surface area contributed by atoms with Crippen molar-refractivity contribution in [1.29, 1.82) is 0 Å². The minimum absolute atomic E-state index is 0.0197. The van der Waals surface area contributed by atoms with Gasteiger partial charge in [0.15, 0.2) is 5.76 Å². The van der Waals surface area contributed by atoms with Gasteiger partial charge in [0.2, 0.25) is 11.2 Å². The van der Waals surface area contributed by atoms with Crippen LogP contribution in [-0.2, 0) is 18.6 Å². The van der Waals surface area contributed by atoms with Crippen molar-refractivity contribution in [3.8, 4) is 5.75 Å². The summed E-state index contributed by atoms with van der Waals surface area (Å²) in [6.45, 7) is 2.35. The highest BCUT2D eigenvalue weighted by Gasteiger charge is 2.31. The number of hydrogen-bond donors (Lipinski definition) is 1. The van der Waals surface area contributed by atoms with E-state index < -0.39 is 22.9 Å². The molecule has 2 aromatic rings. The molecule has 1 aromatic carbocycles. The average Bonchev–Trinajstić information content (AvgIpc) is 2.65. The lowest BCUT2D eigenvalue weighted by molar-refractivity contribution is -0.137. The lowest BCUT2D eigenvalue weighted by Gasteiger charge is -2.36. The van der Waals surface area contributed by atoms with Crippen molar-refractivity contribution in [2.75, 3.05) is 31.1 Å². The second-order valence-electron chi connectivity index (χ2n) is 6.29. The van der Waals surface area contributed by atoms with Gasteiger partial charge in [-0.05, 0) is 18.2 Å². The van der Waals surface area contributed by atoms with Gasteiger partial charge in [0.05, 0.1) is 18.0 Å². The first-order chi connectivity index (χ1) is 12.8. The monoisotopic (exact) mass is 402 g/mol. The molecule has 0 spiro atoms. The van der Waals surface area contributed by atoms with E-state index >= 15 is 0 Å². The number of hydrogen-bond acceptors (Lipinski definition) is 5. The van der Waals surface area contributed by atoms with Gasteiger partial charge in [-0.3, -0.25) is 9.69 Å². The van der Waals surface area contributed by atoms with E-state index in [9.17, 15) is 23.1 Å². The van der Waals surface area contributed by atoms with Crippen molar-refractivity contribution >= 4 is 17.3 Å². The van der Waals surface area contributed by atoms with E-state index in [0.29, 0.717) is 31.9 Å². The fraction of sp³-hybridized carbons (Fsp3) is 0.389. The molecule has 1 saturated heterocycles. The molecule has 0 radical (unpaired) electrons. The van der Waals surface area contributed by atoms with Gasteiger partial charge in [0, 0.05) is 37.9 Å². The third kappa shape index (κ3) is 4.56. The van der Waals surface area contributed by atoms with Gasteiger partial charge >= 0.3 is 6.18 Å². The Hall–Kier alpha value is -2.19. The Balaban J connectivity index is 1.66. The van der Waals surface area contributed by atoms with E-state index in [0.717, 1.165) is 18.2 Å². The molecule has 0 amide bonds. The topological polar surface area (TPSA) is 56.9 Å². The van der Waals surface area contributed by atoms with Crippen LogP contribution in [0.5, 0.6) is 5.75 Å². The predicted octanol–water partition coefficient (Wildman–Crippen LogP) is 3.43. The van der Waals surface area contributed by atoms with Crippen LogP contribution in [0.3, 0.4) is 0 Å². The van der Waals surface area contributed by atoms with E-state index in [2.05, 4.69) is 0 Å². The minimum atomic E-state index is -4.37. The number of halogens is 4. The number of rotatable bonds is 4. The van der Waals surface area contributed by atoms with Gasteiger partial charge < -0.3 is 14.4 Å². The molecule has 0 atom stereocenters. The number of nitrogens with zero attached hydrogens (tertiary/aromatic N) is 2. The van der Waals surface area contributed by atoms with Crippen molar-refractivity contribution in [3.05, 3.63) is 57.6 Å². The highest BCUT2D eigenvalue weighted by atomic mass is 35.5. The zero-order valence-corrected chi connectivity index (χ0v) is 15.1. The van der Waals surface area contributed by atoms with Crippen molar-refractivity contribution in [2.24, 2.45) is 0 Å². The van der Waals surface area contributed by atoms with E-state index in [-0.39, 0.29) is 23.9 Å². The van der Waals surface area contributed by atoms with Crippen molar-refractivity contribution in [3.63, 3.8) is 0 Å². The fourth-order valence-corrected chi connectivity index (χ4v) is 3.14. The maximum Gasteiger partial charge on any atom is 0.416 e. The Morgan fingerprint density at radius 3 is 2.48 bits per heavy atom. The Morgan fingerprint density at radius 2 is 1.85 bits per heavy atom. The number of aromatic hydroxyl groups is 1. The predicted molar refractivity (Wildman–Crippen MR) is 95.1 cm³/mol. The first-order valence-corrected chi connectivity index (χ1v) is 8.87. The quantitative estimate of drug-likeness (QED) is 0.794. The first kappa shape index (κ1) is 19.6. The number of anilines is 1. The summed E-state index contributed by atoms with van der Waals surface area (Å²) >= 11 is 5.68. The van der Waals surface area contributed by atoms with Crippen LogP contribution < -0.4 is 10.3 Å². The molecule has 0 unspecified atom stereocenters. The lowest BCUT2D eigenvalue weighted by atomic mass is 10.1. The number of alkyl halides is 4. The van der Waals surface area contributed by atoms with Crippen LogP contribution in [0.2, 0.25) is 0 Å². The highest BCUT2D eigenvalue weighted by molar-refractivity contribution is 6.16. The highest BCUT2D eigenvalue weighted by Crippen LogP contribution is 2.32. The molecule has 1 fully saturated rings. The summed E-state index contributed by atoms with van der Waals surface area (Å²) in [5.41, 5.74) is -0.704. The van der Waals surface area contributed by atoms with E-state index in [4.69, 9.17) is 16.0 Å². The molecule has 1 aromatic heterocycles. The Labute approximate surface area is 158 Å². The van der Waals surface area contributed by atoms with E-state index in [1.807, 2.05) is 9.80 Å². The molecule has 3 rings (SSSR count). The van der Waals surface area contributed by atoms with Crippen molar-refractivity contribution in [1.82, 2.24) is 4.90 Å². The molecule has 1 N–H and O–H groups in total. The minimum Gasteiger partial charge on any atom is -0.502 e. The second-order valence-corrected chi connectivity index (χ2v) is 6.56. The van der Waals surface area contributed by atoms with E-state index in [1.165, 1.54) is 6.07 Å². The summed E-state index contributed by atoms with van der Waals surface area (Å²) in [6.07, 6.45) is -4.37. The SMILES string of the molecule is O=c1cc(CCl)oc(CN2CCN(c3cccc(C(F)(F)F)c3)CC2)c1O. The third-order valence-corrected chi connectivity index (χ3v) is 4.72. The molecule has 1 aliphatic heterocycles. The maximum atomic E-state index is 12.9. The molecule has 146 valence electrons. The van der Waals surface area contributed by atoms with Gasteiger partial charge in [-0.2, -0.15) is 13.2 Å². The summed E-state index contributed by atoms with van der Waals surface area (Å²) < 4.78 is 44.1. The molecule has 9 heteroatoms. The van der Waals surface area contributed by atoms with Crippen molar-refractivity contribution < 1.29 is 22.7 Å². The summed E-state index contributed by atoms with van der Waals surface area (Å²) in [5, 5.41) is 9.89. The summed E-state index contributed by atoms with van der Waals surface area (Å²) in [7, 11) is 0. The van der Waals surface area contributed by atoms with Gasteiger partial charge in [0.25, 0.3) is 0 Å². The van der Waals surface area contributed by atoms with Crippen LogP contribution in [0.15, 0.2) is 39.5 Å². The fourth-order valence-electron chi connectivity index (χ4n) is 3.01. The molecule has 5 nitrogen and oxygen atoms in total. The molecule has 0 aliphatic carbocycles. The van der Waals surface area contributed by atoms with Gasteiger partial charge in [-0.1, -0.05) is 6.07 Å². The number of benzene rings is 1. The molecule has 0 bridgehead atoms. The Morgan fingerprint density at radius 1 is 1.15 bits per heavy atom. The largest absolute Gasteiger partial charge is 0.502 e. The molecular formula is C18H18ClF3N2O3. The van der Waals surface area contributed by atoms with Crippen molar-refractivity contribution in [2.45, 2.75) is 18.6 Å². The smallest absolute Gasteiger partial charge is 0.416 e. The first-order valence-electron chi connectivity index (χ1n) is 8.33. The van der Waals surface area contributed by atoms with Crippen LogP contribution >= 0.6 is 11.6 Å². The standard InChI is InChI=1S/C18H18ClF3N2O3/c19-10-14-9-15(25)17(26)16(27-14)11-23-4-6-24(7-5-23)13-3-1-2-12(8-13)18(20,21)22/h1-3,8-9,26H,4-7,10-11H2. The molecule has 27 heavy (non-hydrogen) atoms. The summed E-state index contributed by atoms with van der Waals surface area (Å²) in [6, 6.07) is 6.39. The van der Waals surface area contributed by atoms with E-state index in [1.54, 1.807) is 6.07 Å². The molecule has 2 heterocycles. The van der Waals surface area contributed by atoms with Gasteiger partial charge in [0.1, 0.15) is 5.76 Å². The number of piperazine rings is 1. The average molecular weight is 403 g/mol. The van der Waals surface area contributed by atoms with Crippen LogP contribution in [0, 0.1) is 0 Å². The summed E-state index contributed by atoms with van der Waals surface area (Å²) in [4.78, 5) is 15.6. The van der Waals surface area contributed by atoms with Crippen LogP contribution in [0.25, 0.3) is 0 Å². The molecule has 1 aliphatic rings. The Kier molecular flexibility index (Phi) is 5.67. The van der Waals surface area contributed by atoms with Gasteiger partial charge in [-0.15, -0.1) is 11.6 Å². The third-order valence-electron chi connectivity index (χ3n) is 4.45. The Bertz CT molecular complexity index is 862. The second kappa shape index (κ2) is 7.82. The lowest BCUT2D eigenvalue weighted by Crippen LogP contribution is -2.46. The zero-order valence-electron chi connectivity index (χ0n) is 14.3. The van der Waals surface area contributed by atoms with Crippen LogP contribution in [0.1, 0.15) is 17.1 Å². The van der Waals surface area contributed by atoms with Gasteiger partial charge in [-0.25, -0.2) is 0 Å².